The molecule has 0 aromatic carbocycles. The fourth-order valence-corrected chi connectivity index (χ4v) is 4.80. The van der Waals surface area contributed by atoms with Gasteiger partial charge < -0.3 is 14.0 Å². The van der Waals surface area contributed by atoms with Gasteiger partial charge in [-0.05, 0) is 36.0 Å². The molecule has 2 bridgehead atoms. The van der Waals surface area contributed by atoms with Gasteiger partial charge in [0.05, 0.1) is 33.0 Å². The smallest absolute Gasteiger partial charge is 0.102 e. The van der Waals surface area contributed by atoms with Crippen LogP contribution in [0.4, 0.5) is 0 Å². The van der Waals surface area contributed by atoms with E-state index in [9.17, 15) is 0 Å². The summed E-state index contributed by atoms with van der Waals surface area (Å²) in [6, 6.07) is 0. The Morgan fingerprint density at radius 3 is 2.45 bits per heavy atom. The van der Waals surface area contributed by atoms with E-state index in [0.29, 0.717) is 16.9 Å². The monoisotopic (exact) mass is 282 g/mol. The topological polar surface area (TPSA) is 18.5 Å². The molecule has 1 aliphatic heterocycles. The first-order valence-corrected chi connectivity index (χ1v) is 8.40. The highest BCUT2D eigenvalue weighted by molar-refractivity contribution is 5.11. The first-order chi connectivity index (χ1) is 9.37. The number of hydrogen-bond acceptors (Lipinski definition) is 2. The molecule has 0 spiro atoms. The summed E-state index contributed by atoms with van der Waals surface area (Å²) in [7, 11) is 2.35. The summed E-state index contributed by atoms with van der Waals surface area (Å²) in [5.41, 5.74) is 0.871. The van der Waals surface area contributed by atoms with Crippen molar-refractivity contribution in [2.75, 3.05) is 46.5 Å². The normalized spacial score (nSPS) is 42.0. The molecule has 2 saturated carbocycles. The number of hydrogen-bond donors (Lipinski definition) is 0. The van der Waals surface area contributed by atoms with Crippen molar-refractivity contribution >= 4 is 0 Å². The number of rotatable bonds is 4. The van der Waals surface area contributed by atoms with Crippen molar-refractivity contribution in [2.45, 2.75) is 46.1 Å². The van der Waals surface area contributed by atoms with Crippen molar-refractivity contribution in [3.05, 3.63) is 0 Å². The summed E-state index contributed by atoms with van der Waals surface area (Å²) in [6.45, 7) is 13.5. The first kappa shape index (κ1) is 14.8. The van der Waals surface area contributed by atoms with Gasteiger partial charge in [0.1, 0.15) is 19.6 Å². The third kappa shape index (κ3) is 2.22. The maximum Gasteiger partial charge on any atom is 0.102 e. The highest BCUT2D eigenvalue weighted by Crippen LogP contribution is 2.66. The number of quaternary nitrogens is 1. The van der Waals surface area contributed by atoms with Crippen LogP contribution in [-0.2, 0) is 9.47 Å². The summed E-state index contributed by atoms with van der Waals surface area (Å²) < 4.78 is 13.0. The second-order valence-corrected chi connectivity index (χ2v) is 8.37. The molecular formula is C17H32NO2+. The van der Waals surface area contributed by atoms with Gasteiger partial charge in [0.2, 0.25) is 0 Å². The molecule has 3 heteroatoms. The van der Waals surface area contributed by atoms with Crippen molar-refractivity contribution in [2.24, 2.45) is 16.7 Å². The SMILES string of the molecule is CC1(C)[C@@H]2CC[C@@]1(C)[C@H](OCC[N+]1(C)CCOCC1)C2. The van der Waals surface area contributed by atoms with Gasteiger partial charge in [-0.3, -0.25) is 0 Å². The lowest BCUT2D eigenvalue weighted by atomic mass is 9.70. The summed E-state index contributed by atoms with van der Waals surface area (Å²) in [4.78, 5) is 0. The Kier molecular flexibility index (Phi) is 3.67. The molecule has 0 radical (unpaired) electrons. The van der Waals surface area contributed by atoms with Gasteiger partial charge in [-0.2, -0.15) is 0 Å². The first-order valence-electron chi connectivity index (χ1n) is 8.40. The molecule has 0 amide bonds. The van der Waals surface area contributed by atoms with Crippen molar-refractivity contribution in [3.63, 3.8) is 0 Å². The number of nitrogens with zero attached hydrogens (tertiary/aromatic N) is 1. The minimum atomic E-state index is 0.404. The zero-order valence-electron chi connectivity index (χ0n) is 13.8. The molecule has 116 valence electrons. The van der Waals surface area contributed by atoms with Gasteiger partial charge in [-0.1, -0.05) is 20.8 Å². The zero-order valence-corrected chi connectivity index (χ0v) is 13.8. The van der Waals surface area contributed by atoms with Crippen LogP contribution >= 0.6 is 0 Å². The lowest BCUT2D eigenvalue weighted by Crippen LogP contribution is -2.53. The van der Waals surface area contributed by atoms with Crippen LogP contribution in [0.2, 0.25) is 0 Å². The van der Waals surface area contributed by atoms with Crippen molar-refractivity contribution < 1.29 is 14.0 Å². The molecule has 3 nitrogen and oxygen atoms in total. The highest BCUT2D eigenvalue weighted by Gasteiger charge is 2.61. The maximum absolute atomic E-state index is 6.39. The lowest BCUT2D eigenvalue weighted by molar-refractivity contribution is -0.917. The molecule has 3 rings (SSSR count). The van der Waals surface area contributed by atoms with Crippen LogP contribution < -0.4 is 0 Å². The van der Waals surface area contributed by atoms with E-state index in [1.807, 2.05) is 0 Å². The van der Waals surface area contributed by atoms with E-state index in [-0.39, 0.29) is 0 Å². The fraction of sp³-hybridized carbons (Fsp3) is 1.00. The Morgan fingerprint density at radius 1 is 1.20 bits per heavy atom. The predicted octanol–water partition coefficient (Wildman–Crippen LogP) is 2.69. The summed E-state index contributed by atoms with van der Waals surface area (Å²) in [5.74, 6) is 0.880. The van der Waals surface area contributed by atoms with Crippen LogP contribution in [0.1, 0.15) is 40.0 Å². The standard InChI is InChI=1S/C17H32NO2/c1-16(2)14-5-6-17(16,3)15(13-14)20-12-9-18(4)7-10-19-11-8-18/h14-15H,5-13H2,1-4H3/q+1/t14-,15-,17+/m1/s1. The molecule has 3 aliphatic rings. The third-order valence-electron chi connectivity index (χ3n) is 7.22. The summed E-state index contributed by atoms with van der Waals surface area (Å²) in [5, 5.41) is 0. The fourth-order valence-electron chi connectivity index (χ4n) is 4.80. The van der Waals surface area contributed by atoms with Crippen LogP contribution in [0.3, 0.4) is 0 Å². The van der Waals surface area contributed by atoms with Gasteiger partial charge in [-0.25, -0.2) is 0 Å². The van der Waals surface area contributed by atoms with E-state index in [2.05, 4.69) is 27.8 Å². The minimum Gasteiger partial charge on any atom is -0.372 e. The predicted molar refractivity (Wildman–Crippen MR) is 80.6 cm³/mol. The van der Waals surface area contributed by atoms with E-state index < -0.39 is 0 Å². The average Bonchev–Trinajstić information content (AvgIpc) is 2.72. The second kappa shape index (κ2) is 4.96. The van der Waals surface area contributed by atoms with Crippen molar-refractivity contribution in [1.29, 1.82) is 0 Å². The molecule has 2 aliphatic carbocycles. The second-order valence-electron chi connectivity index (χ2n) is 8.37. The Bertz CT molecular complexity index is 362. The van der Waals surface area contributed by atoms with Gasteiger partial charge in [-0.15, -0.1) is 0 Å². The largest absolute Gasteiger partial charge is 0.372 e. The van der Waals surface area contributed by atoms with Crippen LogP contribution in [0.5, 0.6) is 0 Å². The molecular weight excluding hydrogens is 250 g/mol. The molecule has 0 aromatic rings. The Morgan fingerprint density at radius 2 is 1.90 bits per heavy atom. The Hall–Kier alpha value is -0.120. The third-order valence-corrected chi connectivity index (χ3v) is 7.22. The van der Waals surface area contributed by atoms with Gasteiger partial charge in [0.25, 0.3) is 0 Å². The molecule has 1 saturated heterocycles. The van der Waals surface area contributed by atoms with Gasteiger partial charge in [0, 0.05) is 0 Å². The van der Waals surface area contributed by atoms with Crippen LogP contribution in [0.25, 0.3) is 0 Å². The molecule has 0 unspecified atom stereocenters. The highest BCUT2D eigenvalue weighted by atomic mass is 16.5. The number of likely N-dealkylation sites (N-methyl/N-ethyl adjacent to an activating group) is 1. The molecule has 20 heavy (non-hydrogen) atoms. The van der Waals surface area contributed by atoms with Crippen LogP contribution in [0.15, 0.2) is 0 Å². The van der Waals surface area contributed by atoms with Gasteiger partial charge in [0.15, 0.2) is 0 Å². The number of fused-ring (bicyclic) bond motifs is 2. The summed E-state index contributed by atoms with van der Waals surface area (Å²) >= 11 is 0. The molecule has 3 fully saturated rings. The quantitative estimate of drug-likeness (QED) is 0.738. The lowest BCUT2D eigenvalue weighted by Gasteiger charge is -2.40. The van der Waals surface area contributed by atoms with E-state index in [1.54, 1.807) is 0 Å². The van der Waals surface area contributed by atoms with Crippen LogP contribution in [-0.4, -0.2) is 57.1 Å². The molecule has 0 N–H and O–H groups in total. The van der Waals surface area contributed by atoms with Crippen LogP contribution in [0, 0.1) is 16.7 Å². The molecule has 1 heterocycles. The van der Waals surface area contributed by atoms with E-state index in [1.165, 1.54) is 19.3 Å². The number of morpholine rings is 1. The van der Waals surface area contributed by atoms with E-state index in [4.69, 9.17) is 9.47 Å². The maximum atomic E-state index is 6.39. The molecule has 3 atom stereocenters. The van der Waals surface area contributed by atoms with Crippen molar-refractivity contribution in [3.8, 4) is 0 Å². The zero-order chi connectivity index (χ0) is 14.4. The van der Waals surface area contributed by atoms with Crippen molar-refractivity contribution in [1.82, 2.24) is 0 Å². The number of ether oxygens (including phenoxy) is 2. The Balaban J connectivity index is 1.53. The Labute approximate surface area is 124 Å². The summed E-state index contributed by atoms with van der Waals surface area (Å²) in [6.07, 6.45) is 4.55. The van der Waals surface area contributed by atoms with Gasteiger partial charge >= 0.3 is 0 Å². The average molecular weight is 282 g/mol. The molecule has 0 aromatic heterocycles. The van der Waals surface area contributed by atoms with E-state index >= 15 is 0 Å². The minimum absolute atomic E-state index is 0.404. The van der Waals surface area contributed by atoms with E-state index in [0.717, 1.165) is 49.9 Å².